The van der Waals surface area contributed by atoms with Crippen LogP contribution in [0, 0.1) is 5.92 Å². The number of hydrogen-bond donors (Lipinski definition) is 1. The number of rotatable bonds is 5. The Hall–Kier alpha value is -2.62. The van der Waals surface area contributed by atoms with Crippen LogP contribution in [0.4, 0.5) is 4.79 Å². The Kier molecular flexibility index (Phi) is 3.81. The molecule has 0 unspecified atom stereocenters. The van der Waals surface area contributed by atoms with Crippen LogP contribution in [0.15, 0.2) is 48.5 Å². The van der Waals surface area contributed by atoms with Crippen LogP contribution in [0.3, 0.4) is 0 Å². The molecule has 2 aliphatic rings. The predicted octanol–water partition coefficient (Wildman–Crippen LogP) is 3.50. The van der Waals surface area contributed by atoms with E-state index < -0.39 is 6.09 Å². The van der Waals surface area contributed by atoms with Gasteiger partial charge in [0, 0.05) is 11.8 Å². The fourth-order valence-corrected chi connectivity index (χ4v) is 3.36. The van der Waals surface area contributed by atoms with Crippen LogP contribution in [-0.4, -0.2) is 25.0 Å². The average Bonchev–Trinajstić information content (AvgIpc) is 3.41. The van der Waals surface area contributed by atoms with Crippen molar-refractivity contribution >= 4 is 11.9 Å². The minimum Gasteiger partial charge on any atom is -0.449 e. The first-order valence-corrected chi connectivity index (χ1v) is 8.35. The molecular weight excluding hydrogens is 302 g/mol. The topological polar surface area (TPSA) is 55.4 Å². The number of amides is 1. The van der Waals surface area contributed by atoms with Gasteiger partial charge in [-0.15, -0.1) is 0 Å². The normalized spacial score (nSPS) is 15.5. The molecule has 2 aromatic rings. The Morgan fingerprint density at radius 1 is 0.958 bits per heavy atom. The summed E-state index contributed by atoms with van der Waals surface area (Å²) in [4.78, 5) is 23.5. The molecule has 2 aliphatic carbocycles. The van der Waals surface area contributed by atoms with Gasteiger partial charge in [-0.3, -0.25) is 4.79 Å². The lowest BCUT2D eigenvalue weighted by Gasteiger charge is -2.14. The van der Waals surface area contributed by atoms with Gasteiger partial charge in [0.05, 0.1) is 6.54 Å². The predicted molar refractivity (Wildman–Crippen MR) is 90.8 cm³/mol. The number of fused-ring (bicyclic) bond motifs is 3. The number of hydrogen-bond acceptors (Lipinski definition) is 3. The highest BCUT2D eigenvalue weighted by atomic mass is 16.5. The van der Waals surface area contributed by atoms with Gasteiger partial charge in [0.15, 0.2) is 5.78 Å². The van der Waals surface area contributed by atoms with E-state index in [1.807, 2.05) is 24.3 Å². The standard InChI is InChI=1S/C20H19NO3/c22-19(13-9-10-13)11-21-20(23)24-12-18-16-7-3-1-5-14(16)15-6-2-4-8-17(15)18/h1-8,13,18H,9-12H2,(H,21,23). The Bertz CT molecular complexity index is 749. The highest BCUT2D eigenvalue weighted by Crippen LogP contribution is 2.44. The third-order valence-corrected chi connectivity index (χ3v) is 4.78. The van der Waals surface area contributed by atoms with Gasteiger partial charge in [0.2, 0.25) is 0 Å². The fraction of sp³-hybridized carbons (Fsp3) is 0.300. The molecule has 4 heteroatoms. The summed E-state index contributed by atoms with van der Waals surface area (Å²) in [6, 6.07) is 16.4. The van der Waals surface area contributed by atoms with Crippen molar-refractivity contribution in [3.8, 4) is 11.1 Å². The van der Waals surface area contributed by atoms with Crippen molar-refractivity contribution in [3.05, 3.63) is 59.7 Å². The summed E-state index contributed by atoms with van der Waals surface area (Å²) in [5.74, 6) is 0.296. The van der Waals surface area contributed by atoms with Gasteiger partial charge >= 0.3 is 6.09 Å². The number of carbonyl (C=O) groups excluding carboxylic acids is 2. The Morgan fingerprint density at radius 3 is 2.12 bits per heavy atom. The van der Waals surface area contributed by atoms with Crippen LogP contribution >= 0.6 is 0 Å². The second-order valence-electron chi connectivity index (χ2n) is 6.42. The molecule has 24 heavy (non-hydrogen) atoms. The molecule has 0 bridgehead atoms. The summed E-state index contributed by atoms with van der Waals surface area (Å²) in [5.41, 5.74) is 4.76. The van der Waals surface area contributed by atoms with Gasteiger partial charge in [-0.1, -0.05) is 48.5 Å². The SMILES string of the molecule is O=C(NCC(=O)C1CC1)OCC1c2ccccc2-c2ccccc21. The fourth-order valence-electron chi connectivity index (χ4n) is 3.36. The summed E-state index contributed by atoms with van der Waals surface area (Å²) in [6.07, 6.45) is 1.38. The molecule has 0 heterocycles. The minimum atomic E-state index is -0.522. The highest BCUT2D eigenvalue weighted by molar-refractivity contribution is 5.87. The summed E-state index contributed by atoms with van der Waals surface area (Å²) in [5, 5.41) is 2.56. The lowest BCUT2D eigenvalue weighted by Crippen LogP contribution is -2.31. The third-order valence-electron chi connectivity index (χ3n) is 4.78. The number of alkyl carbamates (subject to hydrolysis) is 1. The molecule has 0 radical (unpaired) electrons. The van der Waals surface area contributed by atoms with Crippen LogP contribution in [-0.2, 0) is 9.53 Å². The second-order valence-corrected chi connectivity index (χ2v) is 6.42. The zero-order valence-electron chi connectivity index (χ0n) is 13.3. The van der Waals surface area contributed by atoms with Gasteiger partial charge < -0.3 is 10.1 Å². The largest absolute Gasteiger partial charge is 0.449 e. The van der Waals surface area contributed by atoms with Crippen molar-refractivity contribution in [1.29, 1.82) is 0 Å². The van der Waals surface area contributed by atoms with Crippen molar-refractivity contribution in [3.63, 3.8) is 0 Å². The van der Waals surface area contributed by atoms with E-state index in [1.165, 1.54) is 22.3 Å². The van der Waals surface area contributed by atoms with Gasteiger partial charge in [0.1, 0.15) is 6.61 Å². The van der Waals surface area contributed by atoms with Crippen LogP contribution < -0.4 is 5.32 Å². The van der Waals surface area contributed by atoms with E-state index in [2.05, 4.69) is 29.6 Å². The monoisotopic (exact) mass is 321 g/mol. The van der Waals surface area contributed by atoms with Gasteiger partial charge in [-0.2, -0.15) is 0 Å². The molecule has 4 rings (SSSR count). The molecule has 0 aromatic heterocycles. The van der Waals surface area contributed by atoms with Crippen LogP contribution in [0.2, 0.25) is 0 Å². The van der Waals surface area contributed by atoms with E-state index in [0.717, 1.165) is 12.8 Å². The van der Waals surface area contributed by atoms with E-state index in [9.17, 15) is 9.59 Å². The number of ether oxygens (including phenoxy) is 1. The number of nitrogens with one attached hydrogen (secondary N) is 1. The van der Waals surface area contributed by atoms with E-state index >= 15 is 0 Å². The molecule has 1 fully saturated rings. The van der Waals surface area contributed by atoms with E-state index in [-0.39, 0.29) is 30.8 Å². The number of benzene rings is 2. The maximum Gasteiger partial charge on any atom is 0.407 e. The summed E-state index contributed by atoms with van der Waals surface area (Å²) in [6.45, 7) is 0.346. The molecule has 0 aliphatic heterocycles. The number of ketones is 1. The molecule has 122 valence electrons. The third kappa shape index (κ3) is 2.80. The van der Waals surface area contributed by atoms with Crippen molar-refractivity contribution in [2.45, 2.75) is 18.8 Å². The van der Waals surface area contributed by atoms with E-state index in [4.69, 9.17) is 4.74 Å². The van der Waals surface area contributed by atoms with Crippen molar-refractivity contribution < 1.29 is 14.3 Å². The van der Waals surface area contributed by atoms with Crippen LogP contribution in [0.5, 0.6) is 0 Å². The zero-order valence-corrected chi connectivity index (χ0v) is 13.3. The Morgan fingerprint density at radius 2 is 1.54 bits per heavy atom. The molecule has 1 amide bonds. The van der Waals surface area contributed by atoms with E-state index in [1.54, 1.807) is 0 Å². The minimum absolute atomic E-state index is 0.0438. The lowest BCUT2D eigenvalue weighted by atomic mass is 9.98. The smallest absolute Gasteiger partial charge is 0.407 e. The average molecular weight is 321 g/mol. The molecule has 0 atom stereocenters. The van der Waals surface area contributed by atoms with Gasteiger partial charge in [0.25, 0.3) is 0 Å². The second kappa shape index (κ2) is 6.11. The van der Waals surface area contributed by atoms with E-state index in [0.29, 0.717) is 0 Å². The van der Waals surface area contributed by atoms with Crippen molar-refractivity contribution in [1.82, 2.24) is 5.32 Å². The molecule has 1 N–H and O–H groups in total. The molecular formula is C20H19NO3. The lowest BCUT2D eigenvalue weighted by molar-refractivity contribution is -0.119. The zero-order chi connectivity index (χ0) is 16.5. The molecule has 1 saturated carbocycles. The highest BCUT2D eigenvalue weighted by Gasteiger charge is 2.30. The first-order chi connectivity index (χ1) is 11.7. The molecule has 4 nitrogen and oxygen atoms in total. The van der Waals surface area contributed by atoms with Gasteiger partial charge in [-0.25, -0.2) is 4.79 Å². The molecule has 2 aromatic carbocycles. The maximum absolute atomic E-state index is 11.9. The maximum atomic E-state index is 11.9. The van der Waals surface area contributed by atoms with Crippen LogP contribution in [0.1, 0.15) is 29.9 Å². The first kappa shape index (κ1) is 14.9. The summed E-state index contributed by atoms with van der Waals surface area (Å²) >= 11 is 0. The summed E-state index contributed by atoms with van der Waals surface area (Å²) < 4.78 is 5.39. The molecule has 0 saturated heterocycles. The molecule has 0 spiro atoms. The van der Waals surface area contributed by atoms with Crippen LogP contribution in [0.25, 0.3) is 11.1 Å². The quantitative estimate of drug-likeness (QED) is 0.917. The Labute approximate surface area is 140 Å². The first-order valence-electron chi connectivity index (χ1n) is 8.35. The Balaban J connectivity index is 1.42. The van der Waals surface area contributed by atoms with Gasteiger partial charge in [-0.05, 0) is 35.1 Å². The number of carbonyl (C=O) groups is 2. The summed E-state index contributed by atoms with van der Waals surface area (Å²) in [7, 11) is 0. The van der Waals surface area contributed by atoms with Crippen molar-refractivity contribution in [2.24, 2.45) is 5.92 Å². The van der Waals surface area contributed by atoms with Crippen molar-refractivity contribution in [2.75, 3.05) is 13.2 Å². The number of Topliss-reactive ketones (excluding diaryl/α,β-unsaturated/α-hetero) is 1.